The summed E-state index contributed by atoms with van der Waals surface area (Å²) in [6.45, 7) is 7.76. The number of aromatic nitrogens is 1. The van der Waals surface area contributed by atoms with E-state index in [2.05, 4.69) is 27.5 Å². The molecule has 0 fully saturated rings. The fourth-order valence-electron chi connectivity index (χ4n) is 2.34. The molecule has 2 heterocycles. The van der Waals surface area contributed by atoms with Crippen LogP contribution in [0.1, 0.15) is 30.5 Å². The number of rotatable bonds is 7. The van der Waals surface area contributed by atoms with Crippen LogP contribution in [0.25, 0.3) is 0 Å². The Labute approximate surface area is 171 Å². The van der Waals surface area contributed by atoms with Gasteiger partial charge in [-0.05, 0) is 66.8 Å². The van der Waals surface area contributed by atoms with Crippen LogP contribution in [-0.4, -0.2) is 35.7 Å². The van der Waals surface area contributed by atoms with Crippen LogP contribution in [0.4, 0.5) is 0 Å². The molecule has 2 aromatic rings. The molecule has 5 nitrogen and oxygen atoms in total. The minimum absolute atomic E-state index is 0. The van der Waals surface area contributed by atoms with E-state index in [0.29, 0.717) is 6.54 Å². The minimum atomic E-state index is -0.954. The van der Waals surface area contributed by atoms with Crippen LogP contribution in [0.3, 0.4) is 0 Å². The Morgan fingerprint density at radius 2 is 2.16 bits per heavy atom. The van der Waals surface area contributed by atoms with Crippen molar-refractivity contribution in [2.75, 3.05) is 19.6 Å². The van der Waals surface area contributed by atoms with Gasteiger partial charge in [-0.2, -0.15) is 11.3 Å². The maximum Gasteiger partial charge on any atom is 0.191 e. The van der Waals surface area contributed by atoms with Gasteiger partial charge in [-0.1, -0.05) is 0 Å². The smallest absolute Gasteiger partial charge is 0.191 e. The Bertz CT molecular complexity index is 659. The fraction of sp³-hybridized carbons (Fsp3) is 0.444. The van der Waals surface area contributed by atoms with E-state index in [1.807, 2.05) is 42.2 Å². The summed E-state index contributed by atoms with van der Waals surface area (Å²) in [6.07, 6.45) is 4.60. The lowest BCUT2D eigenvalue weighted by molar-refractivity contribution is 0.0677. The Balaban J connectivity index is 0.00000312. The van der Waals surface area contributed by atoms with Crippen molar-refractivity contribution in [2.24, 2.45) is 4.99 Å². The van der Waals surface area contributed by atoms with Crippen molar-refractivity contribution in [3.8, 4) is 0 Å². The number of aliphatic hydroxyl groups is 1. The lowest BCUT2D eigenvalue weighted by Crippen LogP contribution is -2.39. The molecule has 0 bridgehead atoms. The zero-order chi connectivity index (χ0) is 17.4. The van der Waals surface area contributed by atoms with Gasteiger partial charge in [0.15, 0.2) is 5.96 Å². The van der Waals surface area contributed by atoms with Gasteiger partial charge in [0.2, 0.25) is 0 Å². The van der Waals surface area contributed by atoms with Crippen molar-refractivity contribution >= 4 is 41.3 Å². The molecule has 0 amide bonds. The van der Waals surface area contributed by atoms with Gasteiger partial charge in [-0.15, -0.1) is 24.0 Å². The van der Waals surface area contributed by atoms with Crippen LogP contribution in [0.5, 0.6) is 0 Å². The van der Waals surface area contributed by atoms with E-state index in [9.17, 15) is 5.11 Å². The number of nitrogens with one attached hydrogen (secondary N) is 2. The predicted octanol–water partition coefficient (Wildman–Crippen LogP) is 3.07. The summed E-state index contributed by atoms with van der Waals surface area (Å²) < 4.78 is 0. The van der Waals surface area contributed by atoms with Crippen molar-refractivity contribution in [2.45, 2.75) is 32.8 Å². The molecule has 1 atom stereocenters. The molecular weight excluding hydrogens is 447 g/mol. The normalized spacial score (nSPS) is 13.7. The van der Waals surface area contributed by atoms with Crippen molar-refractivity contribution < 1.29 is 5.11 Å². The highest BCUT2D eigenvalue weighted by molar-refractivity contribution is 14.0. The van der Waals surface area contributed by atoms with Gasteiger partial charge in [0.05, 0.1) is 6.54 Å². The van der Waals surface area contributed by atoms with Crippen LogP contribution >= 0.6 is 35.3 Å². The monoisotopic (exact) mass is 474 g/mol. The van der Waals surface area contributed by atoms with Gasteiger partial charge in [-0.3, -0.25) is 4.98 Å². The molecule has 1 unspecified atom stereocenters. The molecule has 138 valence electrons. The summed E-state index contributed by atoms with van der Waals surface area (Å²) in [5.41, 5.74) is 2.42. The average molecular weight is 474 g/mol. The number of aliphatic imine (C=N–C) groups is 1. The first-order valence-electron chi connectivity index (χ1n) is 8.19. The SMILES string of the molecule is CCNC(=NCC(C)(O)c1ccsc1)NCCc1ccncc1C.I. The highest BCUT2D eigenvalue weighted by Gasteiger charge is 2.23. The van der Waals surface area contributed by atoms with Crippen LogP contribution in [0, 0.1) is 6.92 Å². The van der Waals surface area contributed by atoms with E-state index in [4.69, 9.17) is 0 Å². The van der Waals surface area contributed by atoms with Gasteiger partial charge in [-0.25, -0.2) is 4.99 Å². The molecule has 0 aromatic carbocycles. The van der Waals surface area contributed by atoms with Gasteiger partial charge < -0.3 is 15.7 Å². The largest absolute Gasteiger partial charge is 0.383 e. The van der Waals surface area contributed by atoms with Crippen molar-refractivity contribution in [1.82, 2.24) is 15.6 Å². The van der Waals surface area contributed by atoms with Gasteiger partial charge in [0.25, 0.3) is 0 Å². The second-order valence-corrected chi connectivity index (χ2v) is 6.74. The third-order valence-electron chi connectivity index (χ3n) is 3.86. The number of thiophene rings is 1. The summed E-state index contributed by atoms with van der Waals surface area (Å²) in [6, 6.07) is 3.98. The maximum atomic E-state index is 10.6. The first-order chi connectivity index (χ1) is 11.5. The zero-order valence-electron chi connectivity index (χ0n) is 15.0. The maximum absolute atomic E-state index is 10.6. The number of halogens is 1. The molecule has 7 heteroatoms. The zero-order valence-corrected chi connectivity index (χ0v) is 18.1. The molecule has 0 aliphatic rings. The standard InChI is InChI=1S/C18H26N4OS.HI/c1-4-20-17(21-9-6-15-5-8-19-11-14(15)2)22-13-18(3,23)16-7-10-24-12-16;/h5,7-8,10-12,23H,4,6,9,13H2,1-3H3,(H2,20,21,22);1H. The highest BCUT2D eigenvalue weighted by Crippen LogP contribution is 2.23. The molecule has 0 aliphatic heterocycles. The van der Waals surface area contributed by atoms with E-state index < -0.39 is 5.60 Å². The van der Waals surface area contributed by atoms with Crippen LogP contribution < -0.4 is 10.6 Å². The van der Waals surface area contributed by atoms with Gasteiger partial charge >= 0.3 is 0 Å². The van der Waals surface area contributed by atoms with Gasteiger partial charge in [0.1, 0.15) is 5.60 Å². The third kappa shape index (κ3) is 6.91. The predicted molar refractivity (Wildman–Crippen MR) is 116 cm³/mol. The number of hydrogen-bond acceptors (Lipinski definition) is 4. The number of aryl methyl sites for hydroxylation is 1. The Kier molecular flexibility index (Phi) is 9.37. The number of guanidine groups is 1. The van der Waals surface area contributed by atoms with E-state index in [0.717, 1.165) is 31.0 Å². The summed E-state index contributed by atoms with van der Waals surface area (Å²) in [5.74, 6) is 0.722. The number of pyridine rings is 1. The highest BCUT2D eigenvalue weighted by atomic mass is 127. The Morgan fingerprint density at radius 3 is 2.80 bits per heavy atom. The molecule has 2 rings (SSSR count). The van der Waals surface area contributed by atoms with E-state index in [-0.39, 0.29) is 24.0 Å². The van der Waals surface area contributed by atoms with E-state index >= 15 is 0 Å². The summed E-state index contributed by atoms with van der Waals surface area (Å²) >= 11 is 1.58. The van der Waals surface area contributed by atoms with Crippen molar-refractivity contribution in [3.63, 3.8) is 0 Å². The number of hydrogen-bond donors (Lipinski definition) is 3. The van der Waals surface area contributed by atoms with Crippen molar-refractivity contribution in [3.05, 3.63) is 52.0 Å². The Morgan fingerprint density at radius 1 is 1.36 bits per heavy atom. The molecular formula is C18H27IN4OS. The van der Waals surface area contributed by atoms with Crippen LogP contribution in [0.15, 0.2) is 40.3 Å². The molecule has 0 spiro atoms. The quantitative estimate of drug-likeness (QED) is 0.328. The lowest BCUT2D eigenvalue weighted by atomic mass is 10.00. The molecule has 25 heavy (non-hydrogen) atoms. The first-order valence-corrected chi connectivity index (χ1v) is 9.14. The van der Waals surface area contributed by atoms with Crippen molar-refractivity contribution in [1.29, 1.82) is 0 Å². The first kappa shape index (κ1) is 21.9. The molecule has 0 aliphatic carbocycles. The lowest BCUT2D eigenvalue weighted by Gasteiger charge is -2.21. The third-order valence-corrected chi connectivity index (χ3v) is 4.54. The van der Waals surface area contributed by atoms with E-state index in [1.165, 1.54) is 11.1 Å². The summed E-state index contributed by atoms with van der Waals surface area (Å²) in [5, 5.41) is 21.0. The second-order valence-electron chi connectivity index (χ2n) is 5.96. The average Bonchev–Trinajstić information content (AvgIpc) is 3.10. The number of nitrogens with zero attached hydrogens (tertiary/aromatic N) is 2. The fourth-order valence-corrected chi connectivity index (χ4v) is 3.12. The van der Waals surface area contributed by atoms with Crippen LogP contribution in [0.2, 0.25) is 0 Å². The topological polar surface area (TPSA) is 69.5 Å². The molecule has 3 N–H and O–H groups in total. The molecule has 2 aromatic heterocycles. The summed E-state index contributed by atoms with van der Waals surface area (Å²) in [4.78, 5) is 8.65. The second kappa shape index (κ2) is 10.7. The summed E-state index contributed by atoms with van der Waals surface area (Å²) in [7, 11) is 0. The molecule has 0 saturated carbocycles. The minimum Gasteiger partial charge on any atom is -0.383 e. The molecule has 0 saturated heterocycles. The van der Waals surface area contributed by atoms with Crippen LogP contribution in [-0.2, 0) is 12.0 Å². The Hall–Kier alpha value is -1.19. The van der Waals surface area contributed by atoms with E-state index in [1.54, 1.807) is 18.3 Å². The van der Waals surface area contributed by atoms with Gasteiger partial charge in [0, 0.05) is 25.5 Å². The molecule has 0 radical (unpaired) electrons.